The van der Waals surface area contributed by atoms with Crippen LogP contribution in [0.3, 0.4) is 0 Å². The van der Waals surface area contributed by atoms with Crippen LogP contribution in [0.4, 0.5) is 0 Å². The quantitative estimate of drug-likeness (QED) is 0.111. The number of methoxy groups -OCH3 is 2. The van der Waals surface area contributed by atoms with Gasteiger partial charge in [0.2, 0.25) is 0 Å². The predicted octanol–water partition coefficient (Wildman–Crippen LogP) is 6.69. The molecule has 33 heavy (non-hydrogen) atoms. The minimum absolute atomic E-state index is 0.0355. The van der Waals surface area contributed by atoms with Crippen molar-refractivity contribution >= 4 is 14.3 Å². The van der Waals surface area contributed by atoms with Gasteiger partial charge in [-0.1, -0.05) is 57.6 Å². The van der Waals surface area contributed by atoms with Crippen molar-refractivity contribution in [3.05, 3.63) is 53.1 Å². The van der Waals surface area contributed by atoms with Crippen LogP contribution in [-0.2, 0) is 25.3 Å². The van der Waals surface area contributed by atoms with Gasteiger partial charge in [0.15, 0.2) is 8.32 Å². The Morgan fingerprint density at radius 2 is 1.67 bits per heavy atom. The molecule has 0 amide bonds. The molecule has 2 atom stereocenters. The van der Waals surface area contributed by atoms with Crippen LogP contribution in [0.1, 0.15) is 53.5 Å². The SMILES string of the molecule is COC(=O)/C(C)=C\[C@H](C)[C@@H](/C=C(\C)CCOCc1ccc(OC)cc1)O[Si](C)(C)C(C)(C)C. The van der Waals surface area contributed by atoms with Gasteiger partial charge in [-0.2, -0.15) is 0 Å². The van der Waals surface area contributed by atoms with Crippen LogP contribution in [0, 0.1) is 5.92 Å². The molecule has 0 bridgehead atoms. The van der Waals surface area contributed by atoms with Crippen LogP contribution in [-0.4, -0.2) is 41.2 Å². The van der Waals surface area contributed by atoms with E-state index in [9.17, 15) is 4.79 Å². The standard InChI is InChI=1S/C27H44O5Si/c1-20(15-16-31-19-23-11-13-24(29-7)14-12-23)17-25(32-33(9,10)27(4,5)6)21(2)18-22(3)26(28)30-8/h11-14,17-18,21,25H,15-16,19H2,1-10H3/b20-17+,22-18-/t21-,25+/m0/s1. The van der Waals surface area contributed by atoms with E-state index in [1.807, 2.05) is 30.3 Å². The average molecular weight is 477 g/mol. The van der Waals surface area contributed by atoms with E-state index in [2.05, 4.69) is 53.8 Å². The van der Waals surface area contributed by atoms with Crippen molar-refractivity contribution in [2.75, 3.05) is 20.8 Å². The maximum absolute atomic E-state index is 11.9. The van der Waals surface area contributed by atoms with Crippen molar-refractivity contribution < 1.29 is 23.4 Å². The van der Waals surface area contributed by atoms with Gasteiger partial charge in [-0.25, -0.2) is 4.79 Å². The van der Waals surface area contributed by atoms with E-state index >= 15 is 0 Å². The number of rotatable bonds is 12. The second-order valence-electron chi connectivity index (χ2n) is 10.2. The summed E-state index contributed by atoms with van der Waals surface area (Å²) in [4.78, 5) is 11.9. The van der Waals surface area contributed by atoms with Crippen LogP contribution in [0.5, 0.6) is 5.75 Å². The smallest absolute Gasteiger partial charge is 0.333 e. The minimum atomic E-state index is -2.01. The summed E-state index contributed by atoms with van der Waals surface area (Å²) in [7, 11) is 1.06. The normalized spacial score (nSPS) is 15.2. The average Bonchev–Trinajstić information content (AvgIpc) is 2.75. The zero-order chi connectivity index (χ0) is 25.2. The molecule has 0 fully saturated rings. The Morgan fingerprint density at radius 3 is 2.18 bits per heavy atom. The molecule has 0 N–H and O–H groups in total. The van der Waals surface area contributed by atoms with Crippen molar-refractivity contribution in [2.24, 2.45) is 5.92 Å². The van der Waals surface area contributed by atoms with Crippen LogP contribution in [0.25, 0.3) is 0 Å². The summed E-state index contributed by atoms with van der Waals surface area (Å²) in [5.74, 6) is 0.574. The third-order valence-corrected chi connectivity index (χ3v) is 10.8. The molecule has 0 spiro atoms. The first kappa shape index (κ1) is 29.1. The van der Waals surface area contributed by atoms with Gasteiger partial charge in [-0.3, -0.25) is 0 Å². The third-order valence-electron chi connectivity index (χ3n) is 6.29. The summed E-state index contributed by atoms with van der Waals surface area (Å²) in [5, 5.41) is 0.0926. The molecule has 1 aromatic rings. The number of ether oxygens (including phenoxy) is 3. The maximum atomic E-state index is 11.9. The maximum Gasteiger partial charge on any atom is 0.333 e. The Bertz CT molecular complexity index is 803. The Labute approximate surface area is 202 Å². The van der Waals surface area contributed by atoms with E-state index in [0.29, 0.717) is 18.8 Å². The number of carbonyl (C=O) groups excluding carboxylic acids is 1. The molecule has 0 radical (unpaired) electrons. The summed E-state index contributed by atoms with van der Waals surface area (Å²) in [6.07, 6.45) is 4.85. The molecule has 0 saturated carbocycles. The van der Waals surface area contributed by atoms with Gasteiger partial charge in [-0.15, -0.1) is 0 Å². The number of benzene rings is 1. The fourth-order valence-corrected chi connectivity index (χ4v) is 4.35. The molecule has 0 heterocycles. The molecule has 1 rings (SSSR count). The topological polar surface area (TPSA) is 54.0 Å². The fraction of sp³-hybridized carbons (Fsp3) is 0.593. The van der Waals surface area contributed by atoms with Crippen molar-refractivity contribution in [3.8, 4) is 5.75 Å². The molecule has 0 aliphatic rings. The highest BCUT2D eigenvalue weighted by atomic mass is 28.4. The van der Waals surface area contributed by atoms with Crippen LogP contribution >= 0.6 is 0 Å². The lowest BCUT2D eigenvalue weighted by Crippen LogP contribution is -2.45. The zero-order valence-electron chi connectivity index (χ0n) is 22.3. The monoisotopic (exact) mass is 476 g/mol. The molecule has 186 valence electrons. The van der Waals surface area contributed by atoms with Crippen molar-refractivity contribution in [1.29, 1.82) is 0 Å². The van der Waals surface area contributed by atoms with Gasteiger partial charge in [0.1, 0.15) is 5.75 Å². The number of esters is 1. The Kier molecular flexibility index (Phi) is 11.6. The first-order valence-electron chi connectivity index (χ1n) is 11.6. The molecule has 0 aliphatic carbocycles. The fourth-order valence-electron chi connectivity index (χ4n) is 3.04. The summed E-state index contributed by atoms with van der Waals surface area (Å²) in [5.41, 5.74) is 2.93. The highest BCUT2D eigenvalue weighted by Gasteiger charge is 2.39. The molecule has 0 unspecified atom stereocenters. The van der Waals surface area contributed by atoms with E-state index in [0.717, 1.165) is 17.7 Å². The summed E-state index contributed by atoms with van der Waals surface area (Å²) in [6.45, 7) is 18.4. The summed E-state index contributed by atoms with van der Waals surface area (Å²) < 4.78 is 22.7. The number of hydrogen-bond donors (Lipinski definition) is 0. The van der Waals surface area contributed by atoms with Gasteiger partial charge in [0.05, 0.1) is 33.5 Å². The second kappa shape index (κ2) is 13.1. The predicted molar refractivity (Wildman–Crippen MR) is 138 cm³/mol. The largest absolute Gasteiger partial charge is 0.497 e. The van der Waals surface area contributed by atoms with E-state index < -0.39 is 8.32 Å². The Morgan fingerprint density at radius 1 is 1.06 bits per heavy atom. The lowest BCUT2D eigenvalue weighted by molar-refractivity contribution is -0.136. The summed E-state index contributed by atoms with van der Waals surface area (Å²) in [6, 6.07) is 7.92. The number of hydrogen-bond acceptors (Lipinski definition) is 5. The number of carbonyl (C=O) groups is 1. The molecule has 6 heteroatoms. The second-order valence-corrected chi connectivity index (χ2v) is 15.0. The lowest BCUT2D eigenvalue weighted by atomic mass is 9.99. The van der Waals surface area contributed by atoms with Crippen LogP contribution < -0.4 is 4.74 Å². The minimum Gasteiger partial charge on any atom is -0.497 e. The molecule has 5 nitrogen and oxygen atoms in total. The Balaban J connectivity index is 2.86. The highest BCUT2D eigenvalue weighted by molar-refractivity contribution is 6.74. The van der Waals surface area contributed by atoms with Gasteiger partial charge in [0.25, 0.3) is 0 Å². The van der Waals surface area contributed by atoms with Gasteiger partial charge >= 0.3 is 5.97 Å². The first-order chi connectivity index (χ1) is 15.3. The highest BCUT2D eigenvalue weighted by Crippen LogP contribution is 2.38. The van der Waals surface area contributed by atoms with Gasteiger partial charge in [-0.05, 0) is 56.1 Å². The van der Waals surface area contributed by atoms with Crippen LogP contribution in [0.2, 0.25) is 18.1 Å². The Hall–Kier alpha value is -1.89. The van der Waals surface area contributed by atoms with Crippen molar-refractivity contribution in [2.45, 2.75) is 78.8 Å². The first-order valence-corrected chi connectivity index (χ1v) is 14.5. The molecule has 0 saturated heterocycles. The zero-order valence-corrected chi connectivity index (χ0v) is 23.3. The third kappa shape index (κ3) is 9.86. The molecule has 1 aromatic carbocycles. The van der Waals surface area contributed by atoms with Crippen LogP contribution in [0.15, 0.2) is 47.6 Å². The molecule has 0 aromatic heterocycles. The van der Waals surface area contributed by atoms with Gasteiger partial charge < -0.3 is 18.6 Å². The lowest BCUT2D eigenvalue weighted by Gasteiger charge is -2.40. The molecular formula is C27H44O5Si. The van der Waals surface area contributed by atoms with E-state index in [-0.39, 0.29) is 23.0 Å². The van der Waals surface area contributed by atoms with Crippen molar-refractivity contribution in [1.82, 2.24) is 0 Å². The molecule has 0 aliphatic heterocycles. The van der Waals surface area contributed by atoms with Crippen molar-refractivity contribution in [3.63, 3.8) is 0 Å². The van der Waals surface area contributed by atoms with E-state index in [1.54, 1.807) is 14.0 Å². The van der Waals surface area contributed by atoms with Gasteiger partial charge in [0, 0.05) is 11.5 Å². The molecular weight excluding hydrogens is 432 g/mol. The summed E-state index contributed by atoms with van der Waals surface area (Å²) >= 11 is 0. The van der Waals surface area contributed by atoms with E-state index in [1.165, 1.54) is 12.7 Å². The van der Waals surface area contributed by atoms with E-state index in [4.69, 9.17) is 18.6 Å².